The lowest BCUT2D eigenvalue weighted by Gasteiger charge is -2.33. The van der Waals surface area contributed by atoms with Gasteiger partial charge in [-0.2, -0.15) is 0 Å². The molecule has 3 unspecified atom stereocenters. The van der Waals surface area contributed by atoms with Crippen molar-refractivity contribution in [2.45, 2.75) is 88.9 Å². The summed E-state index contributed by atoms with van der Waals surface area (Å²) in [5.74, 6) is 3.13. The first kappa shape index (κ1) is 32.7. The van der Waals surface area contributed by atoms with E-state index in [1.165, 1.54) is 130 Å². The van der Waals surface area contributed by atoms with Crippen LogP contribution in [0.15, 0.2) is 140 Å². The molecule has 264 valence electrons. The molecule has 2 bridgehead atoms. The molecule has 1 nitrogen and oxygen atoms in total. The summed E-state index contributed by atoms with van der Waals surface area (Å²) >= 11 is 0. The third-order valence-corrected chi connectivity index (χ3v) is 13.8. The van der Waals surface area contributed by atoms with Gasteiger partial charge in [-0.25, -0.2) is 0 Å². The van der Waals surface area contributed by atoms with Crippen molar-refractivity contribution in [3.05, 3.63) is 162 Å². The summed E-state index contributed by atoms with van der Waals surface area (Å²) in [7, 11) is 0. The van der Waals surface area contributed by atoms with Gasteiger partial charge in [0.2, 0.25) is 0 Å². The van der Waals surface area contributed by atoms with Gasteiger partial charge in [-0.05, 0) is 131 Å². The Morgan fingerprint density at radius 2 is 1.21 bits per heavy atom. The fraction of sp³-hybridized carbons (Fsp3) is 0.308. The van der Waals surface area contributed by atoms with Gasteiger partial charge in [0.25, 0.3) is 0 Å². The number of anilines is 3. The van der Waals surface area contributed by atoms with Gasteiger partial charge in [-0.15, -0.1) is 0 Å². The van der Waals surface area contributed by atoms with E-state index >= 15 is 0 Å². The van der Waals surface area contributed by atoms with Gasteiger partial charge in [-0.3, -0.25) is 0 Å². The molecule has 0 aromatic heterocycles. The summed E-state index contributed by atoms with van der Waals surface area (Å²) in [5.41, 5.74) is 17.4. The van der Waals surface area contributed by atoms with E-state index in [-0.39, 0.29) is 5.41 Å². The topological polar surface area (TPSA) is 3.24 Å². The Kier molecular flexibility index (Phi) is 8.16. The first-order valence-electron chi connectivity index (χ1n) is 20.5. The van der Waals surface area contributed by atoms with Crippen LogP contribution in [0, 0.1) is 11.8 Å². The van der Waals surface area contributed by atoms with E-state index in [1.54, 1.807) is 0 Å². The molecular weight excluding hydrogens is 639 g/mol. The highest BCUT2D eigenvalue weighted by Gasteiger charge is 2.40. The lowest BCUT2D eigenvalue weighted by molar-refractivity contribution is 0.420. The van der Waals surface area contributed by atoms with Crippen LogP contribution in [-0.4, -0.2) is 0 Å². The molecule has 3 atom stereocenters. The highest BCUT2D eigenvalue weighted by atomic mass is 15.1. The first-order valence-corrected chi connectivity index (χ1v) is 20.5. The van der Waals surface area contributed by atoms with Crippen molar-refractivity contribution < 1.29 is 0 Å². The van der Waals surface area contributed by atoms with Crippen LogP contribution in [0.2, 0.25) is 0 Å². The largest absolute Gasteiger partial charge is 0.309 e. The van der Waals surface area contributed by atoms with E-state index in [0.29, 0.717) is 11.8 Å². The molecule has 0 radical (unpaired) electrons. The van der Waals surface area contributed by atoms with Crippen molar-refractivity contribution in [2.75, 3.05) is 4.90 Å². The van der Waals surface area contributed by atoms with Crippen LogP contribution in [0.5, 0.6) is 0 Å². The monoisotopic (exact) mass is 689 g/mol. The average Bonchev–Trinajstić information content (AvgIpc) is 3.92. The van der Waals surface area contributed by atoms with Crippen LogP contribution in [-0.2, 0) is 5.41 Å². The Labute approximate surface area is 316 Å². The molecule has 0 heterocycles. The third kappa shape index (κ3) is 5.58. The Hall–Kier alpha value is -4.88. The van der Waals surface area contributed by atoms with Crippen LogP contribution in [0.25, 0.3) is 33.4 Å². The summed E-state index contributed by atoms with van der Waals surface area (Å²) in [6, 6.07) is 53.6. The van der Waals surface area contributed by atoms with Gasteiger partial charge < -0.3 is 4.90 Å². The fourth-order valence-corrected chi connectivity index (χ4v) is 11.1. The predicted molar refractivity (Wildman–Crippen MR) is 224 cm³/mol. The molecule has 3 saturated carbocycles. The van der Waals surface area contributed by atoms with Gasteiger partial charge in [-0.1, -0.05) is 149 Å². The minimum Gasteiger partial charge on any atom is -0.309 e. The number of benzene rings is 6. The molecule has 10 rings (SSSR count). The lowest BCUT2D eigenvalue weighted by Crippen LogP contribution is -2.18. The molecule has 0 aliphatic heterocycles. The Morgan fingerprint density at radius 3 is 1.96 bits per heavy atom. The van der Waals surface area contributed by atoms with E-state index in [0.717, 1.165) is 11.8 Å². The normalized spacial score (nSPS) is 21.4. The van der Waals surface area contributed by atoms with E-state index in [1.807, 2.05) is 0 Å². The van der Waals surface area contributed by atoms with Gasteiger partial charge in [0.15, 0.2) is 0 Å². The molecule has 3 fully saturated rings. The minimum absolute atomic E-state index is 0.111. The molecule has 6 aromatic carbocycles. The van der Waals surface area contributed by atoms with Crippen molar-refractivity contribution >= 4 is 17.1 Å². The molecule has 0 saturated heterocycles. The smallest absolute Gasteiger partial charge is 0.0543 e. The zero-order chi connectivity index (χ0) is 35.5. The number of para-hydroxylation sites is 1. The number of hydrogen-bond acceptors (Lipinski definition) is 1. The van der Waals surface area contributed by atoms with Crippen LogP contribution in [0.1, 0.15) is 106 Å². The molecule has 1 heteroatoms. The third-order valence-electron chi connectivity index (χ3n) is 13.8. The van der Waals surface area contributed by atoms with Crippen molar-refractivity contribution in [1.82, 2.24) is 0 Å². The average molecular weight is 690 g/mol. The van der Waals surface area contributed by atoms with Crippen molar-refractivity contribution in [3.63, 3.8) is 0 Å². The molecule has 0 amide bonds. The second-order valence-corrected chi connectivity index (χ2v) is 17.1. The SMILES string of the molecule is CC1(C)c2ccccc2-c2cc(-c3ccccc3)c(N(c3ccc(C4CC5CCC4C5)cc3)c3ccccc3-c3ccccc3C3CCCCC3)cc21. The van der Waals surface area contributed by atoms with E-state index < -0.39 is 0 Å². The van der Waals surface area contributed by atoms with Gasteiger partial charge in [0.05, 0.1) is 11.4 Å². The fourth-order valence-electron chi connectivity index (χ4n) is 11.1. The minimum atomic E-state index is -0.111. The molecule has 53 heavy (non-hydrogen) atoms. The Balaban J connectivity index is 1.21. The molecule has 6 aromatic rings. The van der Waals surface area contributed by atoms with Crippen LogP contribution >= 0.6 is 0 Å². The highest BCUT2D eigenvalue weighted by Crippen LogP contribution is 2.56. The second-order valence-electron chi connectivity index (χ2n) is 17.1. The standard InChI is InChI=1S/C52H51N/c1-52(2)48-23-13-11-21-43(48)47-33-46(37-17-7-4-8-18-37)51(34-49(47)52)53(40-29-27-38(28-30-40)45-32-35-25-26-39(45)31-35)50-24-14-12-22-44(50)42-20-10-9-19-41(42)36-15-5-3-6-16-36/h4,7-14,17-24,27-30,33-36,39,45H,3,5-6,15-16,25-26,31-32H2,1-2H3. The summed E-state index contributed by atoms with van der Waals surface area (Å²) < 4.78 is 0. The summed E-state index contributed by atoms with van der Waals surface area (Å²) in [6.45, 7) is 4.82. The zero-order valence-electron chi connectivity index (χ0n) is 31.4. The van der Waals surface area contributed by atoms with Crippen molar-refractivity contribution in [2.24, 2.45) is 11.8 Å². The van der Waals surface area contributed by atoms with E-state index in [9.17, 15) is 0 Å². The van der Waals surface area contributed by atoms with Crippen molar-refractivity contribution in [3.8, 4) is 33.4 Å². The predicted octanol–water partition coefficient (Wildman–Crippen LogP) is 14.7. The van der Waals surface area contributed by atoms with Gasteiger partial charge in [0.1, 0.15) is 0 Å². The number of hydrogen-bond donors (Lipinski definition) is 0. The lowest BCUT2D eigenvalue weighted by atomic mass is 9.80. The Morgan fingerprint density at radius 1 is 0.509 bits per heavy atom. The van der Waals surface area contributed by atoms with Gasteiger partial charge in [0, 0.05) is 22.2 Å². The number of nitrogens with zero attached hydrogens (tertiary/aromatic N) is 1. The highest BCUT2D eigenvalue weighted by molar-refractivity contribution is 5.97. The van der Waals surface area contributed by atoms with E-state index in [2.05, 4.69) is 158 Å². The maximum Gasteiger partial charge on any atom is 0.0543 e. The van der Waals surface area contributed by atoms with Crippen LogP contribution in [0.3, 0.4) is 0 Å². The zero-order valence-corrected chi connectivity index (χ0v) is 31.4. The molecule has 0 spiro atoms. The Bertz CT molecular complexity index is 2270. The molecule has 0 N–H and O–H groups in total. The van der Waals surface area contributed by atoms with Crippen LogP contribution < -0.4 is 4.90 Å². The quantitative estimate of drug-likeness (QED) is 0.161. The van der Waals surface area contributed by atoms with E-state index in [4.69, 9.17) is 0 Å². The van der Waals surface area contributed by atoms with Crippen molar-refractivity contribution in [1.29, 1.82) is 0 Å². The van der Waals surface area contributed by atoms with Crippen LogP contribution in [0.4, 0.5) is 17.1 Å². The van der Waals surface area contributed by atoms with Gasteiger partial charge >= 0.3 is 0 Å². The summed E-state index contributed by atoms with van der Waals surface area (Å²) in [6.07, 6.45) is 12.2. The number of rotatable bonds is 7. The molecular formula is C52H51N. The second kappa shape index (κ2) is 13.2. The maximum atomic E-state index is 2.61. The molecule has 4 aliphatic rings. The number of fused-ring (bicyclic) bond motifs is 5. The molecule has 4 aliphatic carbocycles. The summed E-state index contributed by atoms with van der Waals surface area (Å²) in [5, 5.41) is 0. The summed E-state index contributed by atoms with van der Waals surface area (Å²) in [4.78, 5) is 2.61. The maximum absolute atomic E-state index is 2.61. The first-order chi connectivity index (χ1) is 26.0.